The van der Waals surface area contributed by atoms with E-state index in [-0.39, 0.29) is 5.78 Å². The molecule has 0 aliphatic carbocycles. The summed E-state index contributed by atoms with van der Waals surface area (Å²) in [4.78, 5) is 13.2. The molecule has 2 atom stereocenters. The molecule has 2 nitrogen and oxygen atoms in total. The molecule has 0 amide bonds. The van der Waals surface area contributed by atoms with Gasteiger partial charge in [-0.25, -0.2) is 0 Å². The molecule has 26 heavy (non-hydrogen) atoms. The van der Waals surface area contributed by atoms with Gasteiger partial charge in [-0.05, 0) is 30.9 Å². The van der Waals surface area contributed by atoms with E-state index in [4.69, 9.17) is 0 Å². The highest BCUT2D eigenvalue weighted by Gasteiger charge is 2.21. The van der Waals surface area contributed by atoms with Crippen molar-refractivity contribution in [3.8, 4) is 0 Å². The number of carbonyl (C=O) groups is 1. The molecule has 140 valence electrons. The van der Waals surface area contributed by atoms with Crippen LogP contribution in [0.3, 0.4) is 0 Å². The Morgan fingerprint density at radius 3 is 2.27 bits per heavy atom. The molecule has 0 radical (unpaired) electrons. The first-order chi connectivity index (χ1) is 12.5. The lowest BCUT2D eigenvalue weighted by molar-refractivity contribution is 0.103. The molecule has 0 fully saturated rings. The first-order valence-electron chi connectivity index (χ1n) is 9.72. The van der Waals surface area contributed by atoms with E-state index in [1.807, 2.05) is 56.3 Å². The van der Waals surface area contributed by atoms with Crippen LogP contribution < -0.4 is 5.30 Å². The number of hydrogen-bond donors (Lipinski definition) is 0. The molecule has 0 bridgehead atoms. The highest BCUT2D eigenvalue weighted by Crippen LogP contribution is 2.30. The first kappa shape index (κ1) is 20.6. The molecule has 2 aromatic rings. The maximum atomic E-state index is 13.2. The quantitative estimate of drug-likeness (QED) is 0.405. The smallest absolute Gasteiger partial charge is 0.194 e. The van der Waals surface area contributed by atoms with E-state index in [0.29, 0.717) is 17.6 Å². The van der Waals surface area contributed by atoms with Crippen molar-refractivity contribution in [3.63, 3.8) is 0 Å². The Morgan fingerprint density at radius 2 is 1.65 bits per heavy atom. The fourth-order valence-electron chi connectivity index (χ4n) is 3.55. The van der Waals surface area contributed by atoms with Crippen molar-refractivity contribution in [2.24, 2.45) is 5.92 Å². The largest absolute Gasteiger partial charge is 0.322 e. The standard InChI is InChI=1S/C23H31O2P/c1-5-7-13-19(6-2)16-26(25)21-15-9-8-14-20(21)23(24)22-17(3)11-10-12-18(22)4/h8-12,14-15,19,26H,5-7,13,16H2,1-4H3. The number of hydrogen-bond acceptors (Lipinski definition) is 2. The summed E-state index contributed by atoms with van der Waals surface area (Å²) in [6.07, 6.45) is 5.22. The van der Waals surface area contributed by atoms with Crippen molar-refractivity contribution in [1.82, 2.24) is 0 Å². The van der Waals surface area contributed by atoms with Gasteiger partial charge in [0.25, 0.3) is 0 Å². The topological polar surface area (TPSA) is 34.1 Å². The van der Waals surface area contributed by atoms with Gasteiger partial charge in [0.15, 0.2) is 5.78 Å². The van der Waals surface area contributed by atoms with Crippen LogP contribution in [0.2, 0.25) is 0 Å². The Kier molecular flexibility index (Phi) is 7.85. The molecular weight excluding hydrogens is 339 g/mol. The Hall–Kier alpha value is -1.66. The van der Waals surface area contributed by atoms with Crippen molar-refractivity contribution in [2.45, 2.75) is 53.4 Å². The molecule has 0 aromatic heterocycles. The molecule has 0 aliphatic rings. The van der Waals surface area contributed by atoms with E-state index in [1.165, 1.54) is 12.8 Å². The molecule has 0 saturated carbocycles. The van der Waals surface area contributed by atoms with Gasteiger partial charge in [0.2, 0.25) is 0 Å². The highest BCUT2D eigenvalue weighted by atomic mass is 31.1. The van der Waals surface area contributed by atoms with Gasteiger partial charge in [0, 0.05) is 22.6 Å². The Bertz CT molecular complexity index is 759. The van der Waals surface area contributed by atoms with E-state index in [0.717, 1.165) is 34.8 Å². The molecule has 0 heterocycles. The zero-order valence-corrected chi connectivity index (χ0v) is 17.5. The summed E-state index contributed by atoms with van der Waals surface area (Å²) in [7, 11) is -1.99. The van der Waals surface area contributed by atoms with E-state index in [2.05, 4.69) is 13.8 Å². The Morgan fingerprint density at radius 1 is 1.00 bits per heavy atom. The predicted octanol–water partition coefficient (Wildman–Crippen LogP) is 5.94. The summed E-state index contributed by atoms with van der Waals surface area (Å²) < 4.78 is 13.1. The number of unbranched alkanes of at least 4 members (excludes halogenated alkanes) is 1. The Balaban J connectivity index is 2.32. The second-order valence-corrected chi connectivity index (χ2v) is 8.98. The molecule has 0 aliphatic heterocycles. The van der Waals surface area contributed by atoms with Gasteiger partial charge in [-0.3, -0.25) is 4.79 Å². The number of benzene rings is 2. The third-order valence-corrected chi connectivity index (χ3v) is 7.18. The van der Waals surface area contributed by atoms with Crippen LogP contribution in [-0.4, -0.2) is 11.9 Å². The third-order valence-electron chi connectivity index (χ3n) is 5.20. The van der Waals surface area contributed by atoms with Crippen LogP contribution in [0.25, 0.3) is 0 Å². The lowest BCUT2D eigenvalue weighted by Crippen LogP contribution is -2.17. The molecule has 2 aromatic carbocycles. The van der Waals surface area contributed by atoms with Gasteiger partial charge in [-0.15, -0.1) is 0 Å². The van der Waals surface area contributed by atoms with Gasteiger partial charge in [0.1, 0.15) is 7.80 Å². The maximum Gasteiger partial charge on any atom is 0.194 e. The molecule has 0 spiro atoms. The molecule has 3 heteroatoms. The minimum Gasteiger partial charge on any atom is -0.322 e. The maximum absolute atomic E-state index is 13.2. The number of rotatable bonds is 9. The van der Waals surface area contributed by atoms with Gasteiger partial charge in [0.05, 0.1) is 0 Å². The van der Waals surface area contributed by atoms with Crippen LogP contribution in [0.4, 0.5) is 0 Å². The minimum atomic E-state index is -1.99. The molecular formula is C23H31O2P. The van der Waals surface area contributed by atoms with Gasteiger partial charge in [-0.2, -0.15) is 0 Å². The second-order valence-electron chi connectivity index (χ2n) is 7.19. The van der Waals surface area contributed by atoms with Gasteiger partial charge < -0.3 is 4.57 Å². The van der Waals surface area contributed by atoms with Crippen molar-refractivity contribution in [2.75, 3.05) is 6.16 Å². The molecule has 2 rings (SSSR count). The number of aryl methyl sites for hydroxylation is 2. The van der Waals surface area contributed by atoms with E-state index in [9.17, 15) is 9.36 Å². The summed E-state index contributed by atoms with van der Waals surface area (Å²) in [6, 6.07) is 13.4. The van der Waals surface area contributed by atoms with E-state index >= 15 is 0 Å². The van der Waals surface area contributed by atoms with Crippen molar-refractivity contribution < 1.29 is 9.36 Å². The van der Waals surface area contributed by atoms with Crippen molar-refractivity contribution in [1.29, 1.82) is 0 Å². The summed E-state index contributed by atoms with van der Waals surface area (Å²) in [5, 5.41) is 0.750. The average molecular weight is 370 g/mol. The summed E-state index contributed by atoms with van der Waals surface area (Å²) >= 11 is 0. The lowest BCUT2D eigenvalue weighted by Gasteiger charge is -2.16. The second kappa shape index (κ2) is 9.88. The van der Waals surface area contributed by atoms with Crippen molar-refractivity contribution >= 4 is 18.9 Å². The van der Waals surface area contributed by atoms with E-state index in [1.54, 1.807) is 0 Å². The third kappa shape index (κ3) is 4.95. The predicted molar refractivity (Wildman–Crippen MR) is 113 cm³/mol. The van der Waals surface area contributed by atoms with Crippen LogP contribution in [0.1, 0.15) is 66.6 Å². The lowest BCUT2D eigenvalue weighted by atomic mass is 9.95. The fourth-order valence-corrected chi connectivity index (χ4v) is 5.56. The van der Waals surface area contributed by atoms with Crippen LogP contribution in [0.15, 0.2) is 42.5 Å². The average Bonchev–Trinajstić information content (AvgIpc) is 2.64. The fraction of sp³-hybridized carbons (Fsp3) is 0.435. The zero-order valence-electron chi connectivity index (χ0n) is 16.5. The molecule has 2 unspecified atom stereocenters. The highest BCUT2D eigenvalue weighted by molar-refractivity contribution is 7.53. The summed E-state index contributed by atoms with van der Waals surface area (Å²) in [5.74, 6) is 0.473. The van der Waals surface area contributed by atoms with Crippen molar-refractivity contribution in [3.05, 3.63) is 64.7 Å². The molecule has 0 N–H and O–H groups in total. The minimum absolute atomic E-state index is 0.00356. The first-order valence-corrected chi connectivity index (χ1v) is 11.3. The van der Waals surface area contributed by atoms with Crippen LogP contribution in [0, 0.1) is 19.8 Å². The molecule has 0 saturated heterocycles. The van der Waals surface area contributed by atoms with Gasteiger partial charge in [-0.1, -0.05) is 82.0 Å². The number of carbonyl (C=O) groups excluding carboxylic acids is 1. The van der Waals surface area contributed by atoms with Crippen LogP contribution in [-0.2, 0) is 4.57 Å². The summed E-state index contributed by atoms with van der Waals surface area (Å²) in [6.45, 7) is 8.28. The SMILES string of the molecule is CCCCC(CC)C[PH](=O)c1ccccc1C(=O)c1c(C)cccc1C. The zero-order chi connectivity index (χ0) is 19.1. The normalized spacial score (nSPS) is 13.4. The summed E-state index contributed by atoms with van der Waals surface area (Å²) in [5.41, 5.74) is 3.30. The number of ketones is 1. The monoisotopic (exact) mass is 370 g/mol. The van der Waals surface area contributed by atoms with E-state index < -0.39 is 7.80 Å². The van der Waals surface area contributed by atoms with Gasteiger partial charge >= 0.3 is 0 Å². The van der Waals surface area contributed by atoms with Crippen LogP contribution in [0.5, 0.6) is 0 Å². The Labute approximate surface area is 158 Å². The van der Waals surface area contributed by atoms with Crippen LogP contribution >= 0.6 is 7.80 Å².